The number of thiocarbonyl (C=S) groups is 1. The first kappa shape index (κ1) is 17.2. The summed E-state index contributed by atoms with van der Waals surface area (Å²) in [6.45, 7) is 1.53. The molecule has 1 aliphatic heterocycles. The standard InChI is InChI=1S/C20H17BrFN3S/c21-14-7-9-15(10-8-14)23-20(26)25-13-12-24-11-3-6-18(24)19(25)16-4-1-2-5-17(16)22/h1-11,19H,12-13H2,(H,23,26)/t19-/m1/s1. The minimum absolute atomic E-state index is 0.219. The van der Waals surface area contributed by atoms with Crippen LogP contribution in [0.2, 0.25) is 0 Å². The molecule has 6 heteroatoms. The van der Waals surface area contributed by atoms with E-state index in [0.29, 0.717) is 17.2 Å². The molecule has 132 valence electrons. The molecule has 1 N–H and O–H groups in total. The molecular formula is C20H17BrFN3S. The molecule has 0 radical (unpaired) electrons. The third-order valence-corrected chi connectivity index (χ3v) is 5.46. The average molecular weight is 430 g/mol. The lowest BCUT2D eigenvalue weighted by atomic mass is 10.00. The van der Waals surface area contributed by atoms with Crippen molar-refractivity contribution in [3.63, 3.8) is 0 Å². The Bertz CT molecular complexity index is 938. The smallest absolute Gasteiger partial charge is 0.174 e. The van der Waals surface area contributed by atoms with Crippen molar-refractivity contribution >= 4 is 38.9 Å². The molecule has 1 aromatic heterocycles. The molecular weight excluding hydrogens is 413 g/mol. The van der Waals surface area contributed by atoms with Crippen LogP contribution in [0.15, 0.2) is 71.3 Å². The Morgan fingerprint density at radius 2 is 1.81 bits per heavy atom. The molecule has 1 aliphatic rings. The van der Waals surface area contributed by atoms with Crippen LogP contribution in [0.4, 0.5) is 10.1 Å². The molecule has 0 bridgehead atoms. The molecule has 0 amide bonds. The summed E-state index contributed by atoms with van der Waals surface area (Å²) in [5, 5.41) is 3.88. The predicted molar refractivity (Wildman–Crippen MR) is 110 cm³/mol. The molecule has 0 aliphatic carbocycles. The third-order valence-electron chi connectivity index (χ3n) is 4.59. The highest BCUT2D eigenvalue weighted by Crippen LogP contribution is 2.34. The van der Waals surface area contributed by atoms with Gasteiger partial charge in [-0.2, -0.15) is 0 Å². The van der Waals surface area contributed by atoms with Gasteiger partial charge in [0.15, 0.2) is 5.11 Å². The van der Waals surface area contributed by atoms with E-state index in [-0.39, 0.29) is 11.9 Å². The Morgan fingerprint density at radius 3 is 2.58 bits per heavy atom. The van der Waals surface area contributed by atoms with Gasteiger partial charge < -0.3 is 14.8 Å². The molecule has 0 unspecified atom stereocenters. The maximum atomic E-state index is 14.6. The van der Waals surface area contributed by atoms with Crippen molar-refractivity contribution in [2.24, 2.45) is 0 Å². The quantitative estimate of drug-likeness (QED) is 0.565. The van der Waals surface area contributed by atoms with Crippen LogP contribution in [0.1, 0.15) is 17.3 Å². The van der Waals surface area contributed by atoms with Gasteiger partial charge in [0.05, 0.1) is 6.04 Å². The minimum atomic E-state index is -0.254. The topological polar surface area (TPSA) is 20.2 Å². The zero-order chi connectivity index (χ0) is 18.1. The highest BCUT2D eigenvalue weighted by molar-refractivity contribution is 9.10. The van der Waals surface area contributed by atoms with Gasteiger partial charge in [-0.05, 0) is 54.7 Å². The Balaban J connectivity index is 1.69. The van der Waals surface area contributed by atoms with Crippen LogP contribution < -0.4 is 5.32 Å². The Hall–Kier alpha value is -2.18. The number of anilines is 1. The maximum Gasteiger partial charge on any atom is 0.174 e. The predicted octanol–water partition coefficient (Wildman–Crippen LogP) is 5.19. The van der Waals surface area contributed by atoms with Gasteiger partial charge in [0.1, 0.15) is 5.82 Å². The molecule has 2 aromatic carbocycles. The van der Waals surface area contributed by atoms with Crippen molar-refractivity contribution in [1.29, 1.82) is 0 Å². The fraction of sp³-hybridized carbons (Fsp3) is 0.150. The monoisotopic (exact) mass is 429 g/mol. The summed E-state index contributed by atoms with van der Waals surface area (Å²) in [6, 6.07) is 18.5. The van der Waals surface area contributed by atoms with Crippen molar-refractivity contribution in [2.45, 2.75) is 12.6 Å². The Morgan fingerprint density at radius 1 is 1.04 bits per heavy atom. The van der Waals surface area contributed by atoms with Gasteiger partial charge in [-0.1, -0.05) is 34.1 Å². The van der Waals surface area contributed by atoms with Crippen LogP contribution in [0.3, 0.4) is 0 Å². The minimum Gasteiger partial charge on any atom is -0.348 e. The highest BCUT2D eigenvalue weighted by Gasteiger charge is 2.32. The molecule has 0 spiro atoms. The fourth-order valence-electron chi connectivity index (χ4n) is 3.35. The summed E-state index contributed by atoms with van der Waals surface area (Å²) >= 11 is 9.12. The average Bonchev–Trinajstić information content (AvgIpc) is 3.12. The fourth-order valence-corrected chi connectivity index (χ4v) is 3.93. The summed E-state index contributed by atoms with van der Waals surface area (Å²) < 4.78 is 17.7. The first-order chi connectivity index (χ1) is 12.6. The Labute approximate surface area is 165 Å². The number of nitrogens with one attached hydrogen (secondary N) is 1. The van der Waals surface area contributed by atoms with E-state index in [9.17, 15) is 4.39 Å². The van der Waals surface area contributed by atoms with Gasteiger partial charge in [-0.3, -0.25) is 0 Å². The summed E-state index contributed by atoms with van der Waals surface area (Å²) in [5.41, 5.74) is 2.58. The second kappa shape index (κ2) is 7.21. The lowest BCUT2D eigenvalue weighted by molar-refractivity contribution is 0.288. The van der Waals surface area contributed by atoms with E-state index in [2.05, 4.69) is 30.7 Å². The van der Waals surface area contributed by atoms with E-state index < -0.39 is 0 Å². The second-order valence-electron chi connectivity index (χ2n) is 6.18. The highest BCUT2D eigenvalue weighted by atomic mass is 79.9. The molecule has 2 heterocycles. The number of hydrogen-bond acceptors (Lipinski definition) is 1. The van der Waals surface area contributed by atoms with Gasteiger partial charge >= 0.3 is 0 Å². The van der Waals surface area contributed by atoms with E-state index in [0.717, 1.165) is 22.4 Å². The normalized spacial score (nSPS) is 16.2. The van der Waals surface area contributed by atoms with E-state index in [4.69, 9.17) is 12.2 Å². The molecule has 1 atom stereocenters. The second-order valence-corrected chi connectivity index (χ2v) is 7.48. The summed E-state index contributed by atoms with van der Waals surface area (Å²) in [4.78, 5) is 2.06. The molecule has 4 rings (SSSR count). The first-order valence-electron chi connectivity index (χ1n) is 8.36. The number of halogens is 2. The maximum absolute atomic E-state index is 14.6. The van der Waals surface area contributed by atoms with Crippen molar-refractivity contribution in [1.82, 2.24) is 9.47 Å². The molecule has 3 nitrogen and oxygen atoms in total. The van der Waals surface area contributed by atoms with E-state index >= 15 is 0 Å². The van der Waals surface area contributed by atoms with Crippen LogP contribution in [-0.2, 0) is 6.54 Å². The molecule has 0 saturated heterocycles. The zero-order valence-electron chi connectivity index (χ0n) is 13.9. The lowest BCUT2D eigenvalue weighted by Gasteiger charge is -2.39. The number of hydrogen-bond donors (Lipinski definition) is 1. The first-order valence-corrected chi connectivity index (χ1v) is 9.56. The lowest BCUT2D eigenvalue weighted by Crippen LogP contribution is -2.44. The third kappa shape index (κ3) is 3.27. The van der Waals surface area contributed by atoms with E-state index in [1.807, 2.05) is 54.7 Å². The van der Waals surface area contributed by atoms with Crippen LogP contribution in [0.25, 0.3) is 0 Å². The van der Waals surface area contributed by atoms with Crippen LogP contribution in [0.5, 0.6) is 0 Å². The van der Waals surface area contributed by atoms with Crippen molar-refractivity contribution in [2.75, 3.05) is 11.9 Å². The van der Waals surface area contributed by atoms with E-state index in [1.54, 1.807) is 6.07 Å². The molecule has 26 heavy (non-hydrogen) atoms. The Kier molecular flexibility index (Phi) is 4.78. The summed E-state index contributed by atoms with van der Waals surface area (Å²) in [6.07, 6.45) is 2.03. The number of fused-ring (bicyclic) bond motifs is 1. The largest absolute Gasteiger partial charge is 0.348 e. The molecule has 3 aromatic rings. The molecule has 0 fully saturated rings. The molecule has 0 saturated carbocycles. The number of rotatable bonds is 2. The van der Waals surface area contributed by atoms with Crippen molar-refractivity contribution in [3.8, 4) is 0 Å². The van der Waals surface area contributed by atoms with Crippen molar-refractivity contribution < 1.29 is 4.39 Å². The van der Waals surface area contributed by atoms with Crippen LogP contribution >= 0.6 is 28.1 Å². The van der Waals surface area contributed by atoms with E-state index in [1.165, 1.54) is 6.07 Å². The number of aromatic nitrogens is 1. The van der Waals surface area contributed by atoms with Gasteiger partial charge in [-0.25, -0.2) is 4.39 Å². The van der Waals surface area contributed by atoms with Gasteiger partial charge in [-0.15, -0.1) is 0 Å². The number of nitrogens with zero attached hydrogens (tertiary/aromatic N) is 2. The van der Waals surface area contributed by atoms with Crippen LogP contribution in [0, 0.1) is 5.82 Å². The zero-order valence-corrected chi connectivity index (χ0v) is 16.3. The van der Waals surface area contributed by atoms with Crippen LogP contribution in [-0.4, -0.2) is 21.1 Å². The van der Waals surface area contributed by atoms with Gasteiger partial charge in [0.25, 0.3) is 0 Å². The van der Waals surface area contributed by atoms with Gasteiger partial charge in [0, 0.05) is 40.7 Å². The number of benzene rings is 2. The summed E-state index contributed by atoms with van der Waals surface area (Å²) in [5.74, 6) is -0.219. The van der Waals surface area contributed by atoms with Gasteiger partial charge in [0.2, 0.25) is 0 Å². The summed E-state index contributed by atoms with van der Waals surface area (Å²) in [7, 11) is 0. The SMILES string of the molecule is Fc1ccccc1[C@@H]1c2cccn2CCN1C(=S)Nc1ccc(Br)cc1. The van der Waals surface area contributed by atoms with Crippen molar-refractivity contribution in [3.05, 3.63) is 88.4 Å².